The van der Waals surface area contributed by atoms with Crippen LogP contribution in [-0.2, 0) is 16.0 Å². The van der Waals surface area contributed by atoms with E-state index < -0.39 is 0 Å². The van der Waals surface area contributed by atoms with Gasteiger partial charge >= 0.3 is 0 Å². The maximum absolute atomic E-state index is 12.2. The molecule has 5 nitrogen and oxygen atoms in total. The molecule has 1 fully saturated rings. The average Bonchev–Trinajstić information content (AvgIpc) is 3.20. The monoisotopic (exact) mass is 311 g/mol. The number of benzene rings is 1. The van der Waals surface area contributed by atoms with Crippen LogP contribution < -0.4 is 5.32 Å². The lowest BCUT2D eigenvalue weighted by atomic mass is 9.94. The second-order valence-electron chi connectivity index (χ2n) is 6.15. The Morgan fingerprint density at radius 1 is 1.39 bits per heavy atom. The smallest absolute Gasteiger partial charge is 0.233 e. The molecule has 0 spiro atoms. The number of Topliss-reactive ketones (excluding diaryl/α,β-unsaturated/α-hetero) is 1. The summed E-state index contributed by atoms with van der Waals surface area (Å²) >= 11 is 0. The van der Waals surface area contributed by atoms with E-state index in [1.54, 1.807) is 12.4 Å². The number of amides is 1. The first-order chi connectivity index (χ1) is 11.1. The Balaban J connectivity index is 1.61. The number of ketones is 1. The molecule has 1 aliphatic rings. The zero-order valence-corrected chi connectivity index (χ0v) is 13.2. The second kappa shape index (κ2) is 6.77. The van der Waals surface area contributed by atoms with E-state index >= 15 is 0 Å². The molecule has 1 aliphatic carbocycles. The van der Waals surface area contributed by atoms with E-state index in [1.165, 1.54) is 0 Å². The molecule has 1 amide bonds. The zero-order valence-electron chi connectivity index (χ0n) is 13.2. The molecular weight excluding hydrogens is 290 g/mol. The highest BCUT2D eigenvalue weighted by atomic mass is 16.2. The number of hydrogen-bond acceptors (Lipinski definition) is 3. The maximum Gasteiger partial charge on any atom is 0.233 e. The summed E-state index contributed by atoms with van der Waals surface area (Å²) < 4.78 is 0. The molecule has 2 aromatic rings. The molecule has 2 atom stereocenters. The largest absolute Gasteiger partial charge is 0.331 e. The molecule has 23 heavy (non-hydrogen) atoms. The molecule has 0 saturated heterocycles. The molecule has 2 unspecified atom stereocenters. The van der Waals surface area contributed by atoms with Crippen molar-refractivity contribution in [3.8, 4) is 0 Å². The quantitative estimate of drug-likeness (QED) is 0.891. The van der Waals surface area contributed by atoms with Gasteiger partial charge in [0, 0.05) is 24.7 Å². The third kappa shape index (κ3) is 3.67. The van der Waals surface area contributed by atoms with Gasteiger partial charge in [-0.1, -0.05) is 24.3 Å². The minimum absolute atomic E-state index is 0.0985. The van der Waals surface area contributed by atoms with Crippen LogP contribution in [0, 0.1) is 5.92 Å². The van der Waals surface area contributed by atoms with E-state index in [9.17, 15) is 9.59 Å². The van der Waals surface area contributed by atoms with Gasteiger partial charge in [0.25, 0.3) is 0 Å². The van der Waals surface area contributed by atoms with Crippen LogP contribution in [0.5, 0.6) is 0 Å². The predicted octanol–water partition coefficient (Wildman–Crippen LogP) is 3.06. The van der Waals surface area contributed by atoms with E-state index in [-0.39, 0.29) is 17.7 Å². The summed E-state index contributed by atoms with van der Waals surface area (Å²) in [6.45, 7) is 1.87. The van der Waals surface area contributed by atoms with Gasteiger partial charge in [0.05, 0.1) is 5.92 Å². The van der Waals surface area contributed by atoms with Crippen molar-refractivity contribution in [1.82, 2.24) is 9.97 Å². The molecule has 120 valence electrons. The number of nitrogens with zero attached hydrogens (tertiary/aromatic N) is 1. The van der Waals surface area contributed by atoms with E-state index in [4.69, 9.17) is 0 Å². The summed E-state index contributed by atoms with van der Waals surface area (Å²) in [5, 5.41) is 2.75. The Morgan fingerprint density at radius 3 is 2.78 bits per heavy atom. The van der Waals surface area contributed by atoms with Crippen LogP contribution in [0.1, 0.15) is 43.2 Å². The highest BCUT2D eigenvalue weighted by molar-refractivity contribution is 5.94. The molecular formula is C18H21N3O2. The summed E-state index contributed by atoms with van der Waals surface area (Å²) in [7, 11) is 0. The first-order valence-corrected chi connectivity index (χ1v) is 8.05. The highest BCUT2D eigenvalue weighted by Gasteiger charge is 2.24. The van der Waals surface area contributed by atoms with Gasteiger partial charge in [0.2, 0.25) is 11.9 Å². The van der Waals surface area contributed by atoms with Crippen LogP contribution in [0.2, 0.25) is 0 Å². The topological polar surface area (TPSA) is 74.8 Å². The number of anilines is 1. The number of hydrogen-bond donors (Lipinski definition) is 2. The van der Waals surface area contributed by atoms with Gasteiger partial charge in [-0.25, -0.2) is 4.98 Å². The fraction of sp³-hybridized carbons (Fsp3) is 0.389. The maximum atomic E-state index is 12.2. The van der Waals surface area contributed by atoms with Gasteiger partial charge in [-0.2, -0.15) is 0 Å². The van der Waals surface area contributed by atoms with E-state index in [0.29, 0.717) is 11.7 Å². The van der Waals surface area contributed by atoms with Crippen molar-refractivity contribution in [3.05, 3.63) is 47.8 Å². The van der Waals surface area contributed by atoms with E-state index in [1.807, 2.05) is 31.2 Å². The summed E-state index contributed by atoms with van der Waals surface area (Å²) in [6.07, 6.45) is 6.83. The van der Waals surface area contributed by atoms with E-state index in [2.05, 4.69) is 15.3 Å². The number of H-pyrrole nitrogens is 1. The summed E-state index contributed by atoms with van der Waals surface area (Å²) in [5.74, 6) is 0.667. The predicted molar refractivity (Wildman–Crippen MR) is 88.1 cm³/mol. The molecule has 1 aromatic carbocycles. The first kappa shape index (κ1) is 15.5. The number of aromatic amines is 1. The van der Waals surface area contributed by atoms with Crippen molar-refractivity contribution in [3.63, 3.8) is 0 Å². The summed E-state index contributed by atoms with van der Waals surface area (Å²) in [6, 6.07) is 8.00. The van der Waals surface area contributed by atoms with Crippen molar-refractivity contribution in [1.29, 1.82) is 0 Å². The number of rotatable bonds is 5. The molecule has 0 radical (unpaired) electrons. The number of carbonyl (C=O) groups is 2. The van der Waals surface area contributed by atoms with Gasteiger partial charge < -0.3 is 4.98 Å². The van der Waals surface area contributed by atoms with Crippen LogP contribution in [0.15, 0.2) is 36.7 Å². The molecule has 0 bridgehead atoms. The summed E-state index contributed by atoms with van der Waals surface area (Å²) in [4.78, 5) is 30.8. The SMILES string of the molecule is CC(C(=O)Nc1ncc[nH]1)c1ccc(CC2CCCC2=O)cc1. The lowest BCUT2D eigenvalue weighted by molar-refractivity contribution is -0.120. The van der Waals surface area contributed by atoms with Crippen LogP contribution >= 0.6 is 0 Å². The number of imidazole rings is 1. The van der Waals surface area contributed by atoms with Gasteiger partial charge in [-0.15, -0.1) is 0 Å². The Kier molecular flexibility index (Phi) is 4.55. The number of nitrogens with one attached hydrogen (secondary N) is 2. The summed E-state index contributed by atoms with van der Waals surface area (Å²) in [5.41, 5.74) is 2.11. The second-order valence-corrected chi connectivity index (χ2v) is 6.15. The average molecular weight is 311 g/mol. The Labute approximate surface area is 135 Å². The lowest BCUT2D eigenvalue weighted by Crippen LogP contribution is -2.19. The first-order valence-electron chi connectivity index (χ1n) is 8.05. The standard InChI is InChI=1S/C18H21N3O2/c1-12(17(23)21-18-19-9-10-20-18)14-7-5-13(6-8-14)11-15-3-2-4-16(15)22/h5-10,12,15H,2-4,11H2,1H3,(H2,19,20,21,23). The number of carbonyl (C=O) groups excluding carboxylic acids is 2. The lowest BCUT2D eigenvalue weighted by Gasteiger charge is -2.13. The zero-order chi connectivity index (χ0) is 16.2. The Hall–Kier alpha value is -2.43. The number of aromatic nitrogens is 2. The van der Waals surface area contributed by atoms with Crippen LogP contribution in [0.4, 0.5) is 5.95 Å². The highest BCUT2D eigenvalue weighted by Crippen LogP contribution is 2.26. The van der Waals surface area contributed by atoms with Crippen molar-refractivity contribution in [2.45, 2.75) is 38.5 Å². The van der Waals surface area contributed by atoms with Gasteiger partial charge in [-0.05, 0) is 37.3 Å². The molecule has 1 aromatic heterocycles. The van der Waals surface area contributed by atoms with Crippen molar-refractivity contribution < 1.29 is 9.59 Å². The fourth-order valence-corrected chi connectivity index (χ4v) is 3.04. The minimum atomic E-state index is -0.262. The Bertz CT molecular complexity index is 677. The molecule has 1 heterocycles. The van der Waals surface area contributed by atoms with Gasteiger partial charge in [0.1, 0.15) is 5.78 Å². The third-order valence-corrected chi connectivity index (χ3v) is 4.53. The molecule has 5 heteroatoms. The molecule has 1 saturated carbocycles. The van der Waals surface area contributed by atoms with E-state index in [0.717, 1.165) is 36.8 Å². The molecule has 2 N–H and O–H groups in total. The van der Waals surface area contributed by atoms with Crippen LogP contribution in [-0.4, -0.2) is 21.7 Å². The molecule has 3 rings (SSSR count). The third-order valence-electron chi connectivity index (χ3n) is 4.53. The normalized spacial score (nSPS) is 18.8. The van der Waals surface area contributed by atoms with Crippen LogP contribution in [0.3, 0.4) is 0 Å². The van der Waals surface area contributed by atoms with Crippen molar-refractivity contribution >= 4 is 17.6 Å². The molecule has 0 aliphatic heterocycles. The van der Waals surface area contributed by atoms with Gasteiger partial charge in [-0.3, -0.25) is 14.9 Å². The fourth-order valence-electron chi connectivity index (χ4n) is 3.04. The van der Waals surface area contributed by atoms with Crippen LogP contribution in [0.25, 0.3) is 0 Å². The Morgan fingerprint density at radius 2 is 2.17 bits per heavy atom. The van der Waals surface area contributed by atoms with Gasteiger partial charge in [0.15, 0.2) is 0 Å². The van der Waals surface area contributed by atoms with Crippen molar-refractivity contribution in [2.24, 2.45) is 5.92 Å². The van der Waals surface area contributed by atoms with Crippen molar-refractivity contribution in [2.75, 3.05) is 5.32 Å². The minimum Gasteiger partial charge on any atom is -0.331 e.